The smallest absolute Gasteiger partial charge is 0.247 e. The molecule has 0 unspecified atom stereocenters. The summed E-state index contributed by atoms with van der Waals surface area (Å²) in [6.45, 7) is 3.41. The number of pyridine rings is 1. The van der Waals surface area contributed by atoms with Gasteiger partial charge >= 0.3 is 0 Å². The van der Waals surface area contributed by atoms with E-state index in [-0.39, 0.29) is 11.6 Å². The van der Waals surface area contributed by atoms with Crippen LogP contribution < -0.4 is 10.1 Å². The van der Waals surface area contributed by atoms with Crippen molar-refractivity contribution in [2.75, 3.05) is 12.4 Å². The van der Waals surface area contributed by atoms with Gasteiger partial charge in [-0.1, -0.05) is 38.0 Å². The fourth-order valence-electron chi connectivity index (χ4n) is 2.73. The Kier molecular flexibility index (Phi) is 5.93. The number of hydrogen-bond acceptors (Lipinski definition) is 4. The summed E-state index contributed by atoms with van der Waals surface area (Å²) in [6.07, 6.45) is 11.5. The monoisotopic (exact) mass is 311 g/mol. The number of nitriles is 1. The van der Waals surface area contributed by atoms with E-state index in [0.29, 0.717) is 17.5 Å². The number of allylic oxidation sites excluding steroid dienone is 1. The van der Waals surface area contributed by atoms with Crippen molar-refractivity contribution in [1.82, 2.24) is 4.98 Å². The summed E-state index contributed by atoms with van der Waals surface area (Å²) in [7, 11) is 1.52. The highest BCUT2D eigenvalue weighted by Crippen LogP contribution is 2.28. The molecule has 0 bridgehead atoms. The van der Waals surface area contributed by atoms with E-state index in [0.717, 1.165) is 11.6 Å². The number of ether oxygens (including phenoxy) is 1. The summed E-state index contributed by atoms with van der Waals surface area (Å²) in [5.74, 6) is 0.566. The lowest BCUT2D eigenvalue weighted by Crippen LogP contribution is -2.10. The molecule has 0 aliphatic heterocycles. The molecular weight excluding hydrogens is 290 g/mol. The number of amides is 1. The van der Waals surface area contributed by atoms with Gasteiger partial charge in [0.1, 0.15) is 6.07 Å². The first-order chi connectivity index (χ1) is 11.2. The lowest BCUT2D eigenvalue weighted by Gasteiger charge is -2.18. The minimum Gasteiger partial charge on any atom is -0.481 e. The molecule has 5 nitrogen and oxygen atoms in total. The molecule has 1 heterocycles. The maximum Gasteiger partial charge on any atom is 0.247 e. The average Bonchev–Trinajstić information content (AvgIpc) is 2.60. The predicted molar refractivity (Wildman–Crippen MR) is 89.9 cm³/mol. The number of aromatic nitrogens is 1. The Morgan fingerprint density at radius 1 is 1.48 bits per heavy atom. The van der Waals surface area contributed by atoms with Crippen LogP contribution in [0, 0.1) is 17.2 Å². The van der Waals surface area contributed by atoms with Crippen LogP contribution in [-0.2, 0) is 4.79 Å². The molecule has 0 radical (unpaired) electrons. The highest BCUT2D eigenvalue weighted by Gasteiger charge is 2.14. The largest absolute Gasteiger partial charge is 0.481 e. The van der Waals surface area contributed by atoms with Crippen molar-refractivity contribution in [3.63, 3.8) is 0 Å². The molecule has 1 N–H and O–H groups in total. The van der Waals surface area contributed by atoms with Gasteiger partial charge in [-0.05, 0) is 30.9 Å². The Bertz CT molecular complexity index is 653. The third-order valence-corrected chi connectivity index (χ3v) is 3.96. The van der Waals surface area contributed by atoms with Gasteiger partial charge in [0.15, 0.2) is 5.69 Å². The van der Waals surface area contributed by atoms with Crippen LogP contribution in [0.1, 0.15) is 43.4 Å². The summed E-state index contributed by atoms with van der Waals surface area (Å²) in [4.78, 5) is 15.7. The van der Waals surface area contributed by atoms with Crippen molar-refractivity contribution in [2.45, 2.75) is 32.1 Å². The Morgan fingerprint density at radius 3 is 2.83 bits per heavy atom. The van der Waals surface area contributed by atoms with Crippen molar-refractivity contribution in [3.05, 3.63) is 36.1 Å². The van der Waals surface area contributed by atoms with E-state index in [4.69, 9.17) is 4.74 Å². The third kappa shape index (κ3) is 4.43. The summed E-state index contributed by atoms with van der Waals surface area (Å²) >= 11 is 0. The molecule has 1 aromatic heterocycles. The number of hydrogen-bond donors (Lipinski definition) is 1. The molecule has 5 heteroatoms. The second-order valence-corrected chi connectivity index (χ2v) is 5.55. The van der Waals surface area contributed by atoms with Crippen LogP contribution in [0.5, 0.6) is 5.88 Å². The summed E-state index contributed by atoms with van der Waals surface area (Å²) in [6, 6.07) is 3.68. The van der Waals surface area contributed by atoms with Crippen molar-refractivity contribution in [2.24, 2.45) is 5.92 Å². The zero-order valence-electron chi connectivity index (χ0n) is 13.3. The zero-order valence-corrected chi connectivity index (χ0v) is 13.3. The fourth-order valence-corrected chi connectivity index (χ4v) is 2.73. The summed E-state index contributed by atoms with van der Waals surface area (Å²) < 4.78 is 5.27. The number of methoxy groups -OCH3 is 1. The van der Waals surface area contributed by atoms with Crippen molar-refractivity contribution < 1.29 is 9.53 Å². The maximum atomic E-state index is 11.5. The van der Waals surface area contributed by atoms with Gasteiger partial charge in [-0.15, -0.1) is 0 Å². The van der Waals surface area contributed by atoms with Crippen LogP contribution in [0.2, 0.25) is 0 Å². The first-order valence-electron chi connectivity index (χ1n) is 7.78. The number of nitrogens with one attached hydrogen (secondary N) is 1. The lowest BCUT2D eigenvalue weighted by molar-refractivity contribution is -0.111. The molecule has 1 fully saturated rings. The Balaban J connectivity index is 2.30. The molecular formula is C18H21N3O2. The molecule has 1 aliphatic carbocycles. The number of anilines is 1. The van der Waals surface area contributed by atoms with E-state index in [9.17, 15) is 10.1 Å². The second-order valence-electron chi connectivity index (χ2n) is 5.55. The molecule has 23 heavy (non-hydrogen) atoms. The van der Waals surface area contributed by atoms with Gasteiger partial charge in [-0.25, -0.2) is 0 Å². The van der Waals surface area contributed by atoms with Gasteiger partial charge in [0, 0.05) is 5.56 Å². The number of carbonyl (C=O) groups is 1. The first-order valence-corrected chi connectivity index (χ1v) is 7.78. The maximum absolute atomic E-state index is 11.5. The molecule has 0 saturated heterocycles. The van der Waals surface area contributed by atoms with Crippen LogP contribution in [0.3, 0.4) is 0 Å². The minimum atomic E-state index is -0.379. The zero-order chi connectivity index (χ0) is 16.7. The van der Waals surface area contributed by atoms with Gasteiger partial charge in [0.25, 0.3) is 0 Å². The molecule has 1 aliphatic rings. The molecule has 0 atom stereocenters. The van der Waals surface area contributed by atoms with Crippen molar-refractivity contribution >= 4 is 17.7 Å². The number of carbonyl (C=O) groups excluding carboxylic acids is 1. The molecule has 0 aromatic carbocycles. The highest BCUT2D eigenvalue weighted by molar-refractivity contribution is 5.99. The van der Waals surface area contributed by atoms with Crippen LogP contribution in [-0.4, -0.2) is 18.0 Å². The van der Waals surface area contributed by atoms with Gasteiger partial charge in [-0.3, -0.25) is 4.79 Å². The predicted octanol–water partition coefficient (Wildman–Crippen LogP) is 3.68. The van der Waals surface area contributed by atoms with E-state index in [1.807, 2.05) is 12.1 Å². The third-order valence-electron chi connectivity index (χ3n) is 3.96. The molecule has 0 spiro atoms. The molecule has 1 aromatic rings. The Hall–Kier alpha value is -2.61. The molecule has 1 amide bonds. The van der Waals surface area contributed by atoms with E-state index in [2.05, 4.69) is 23.0 Å². The minimum absolute atomic E-state index is 0.117. The molecule has 120 valence electrons. The molecule has 1 saturated carbocycles. The SMILES string of the molecule is C=CC(=O)Nc1cc(/C=C/C2CCCCC2)c(OC)nc1C#N. The van der Waals surface area contributed by atoms with Crippen molar-refractivity contribution in [1.29, 1.82) is 5.26 Å². The summed E-state index contributed by atoms with van der Waals surface area (Å²) in [5, 5.41) is 11.8. The second kappa shape index (κ2) is 8.14. The van der Waals surface area contributed by atoms with E-state index in [1.165, 1.54) is 39.2 Å². The van der Waals surface area contributed by atoms with E-state index >= 15 is 0 Å². The number of rotatable bonds is 5. The van der Waals surface area contributed by atoms with Crippen LogP contribution in [0.25, 0.3) is 6.08 Å². The fraction of sp³-hybridized carbons (Fsp3) is 0.389. The lowest BCUT2D eigenvalue weighted by atomic mass is 9.89. The van der Waals surface area contributed by atoms with E-state index < -0.39 is 0 Å². The van der Waals surface area contributed by atoms with Crippen LogP contribution in [0.15, 0.2) is 24.8 Å². The topological polar surface area (TPSA) is 75.0 Å². The van der Waals surface area contributed by atoms with Crippen molar-refractivity contribution in [3.8, 4) is 11.9 Å². The van der Waals surface area contributed by atoms with Crippen LogP contribution in [0.4, 0.5) is 5.69 Å². The molecule has 2 rings (SSSR count). The highest BCUT2D eigenvalue weighted by atomic mass is 16.5. The first kappa shape index (κ1) is 16.8. The quantitative estimate of drug-likeness (QED) is 0.842. The van der Waals surface area contributed by atoms with Gasteiger partial charge in [0.05, 0.1) is 12.8 Å². The normalized spacial score (nSPS) is 15.1. The number of nitrogens with zero attached hydrogens (tertiary/aromatic N) is 2. The Labute approximate surface area is 136 Å². The van der Waals surface area contributed by atoms with E-state index in [1.54, 1.807) is 6.07 Å². The van der Waals surface area contributed by atoms with Gasteiger partial charge in [-0.2, -0.15) is 10.2 Å². The van der Waals surface area contributed by atoms with Crippen LogP contribution >= 0.6 is 0 Å². The van der Waals surface area contributed by atoms with Gasteiger partial charge < -0.3 is 10.1 Å². The summed E-state index contributed by atoms with van der Waals surface area (Å²) in [5.41, 5.74) is 1.23. The average molecular weight is 311 g/mol. The van der Waals surface area contributed by atoms with Gasteiger partial charge in [0.2, 0.25) is 11.8 Å². The standard InChI is InChI=1S/C18H21N3O2/c1-3-17(22)20-15-11-14(18(23-2)21-16(15)12-19)10-9-13-7-5-4-6-8-13/h3,9-11,13H,1,4-8H2,2H3,(H,20,22)/b10-9+. The Morgan fingerprint density at radius 2 is 2.22 bits per heavy atom.